The summed E-state index contributed by atoms with van der Waals surface area (Å²) >= 11 is 0. The Labute approximate surface area is 199 Å². The van der Waals surface area contributed by atoms with E-state index in [1.807, 2.05) is 6.07 Å². The van der Waals surface area contributed by atoms with Crippen molar-refractivity contribution in [3.05, 3.63) is 17.8 Å². The fraction of sp³-hybridized carbons (Fsp3) is 0.727. The minimum atomic E-state index is -4.10. The van der Waals surface area contributed by atoms with E-state index in [2.05, 4.69) is 9.71 Å². The minimum Gasteiger partial charge on any atom is -0.496 e. The predicted molar refractivity (Wildman–Crippen MR) is 120 cm³/mol. The van der Waals surface area contributed by atoms with Gasteiger partial charge in [-0.25, -0.2) is 27.3 Å². The SMILES string of the molecule is COc1cc2nc(c1)C1CCC(CC1)OC[C@H]1[C@@H](NS(=O)(=O)CF)C[C@@H](C)N1C(=O)OCCO2. The minimum absolute atomic E-state index is 0.0171. The molecule has 0 spiro atoms. The quantitative estimate of drug-likeness (QED) is 0.668. The van der Waals surface area contributed by atoms with Gasteiger partial charge in [-0.05, 0) is 39.0 Å². The van der Waals surface area contributed by atoms with Crippen LogP contribution in [0.5, 0.6) is 11.6 Å². The number of amides is 1. The molecule has 1 saturated carbocycles. The standard InChI is InChI=1S/C22H32FN3O7S/c1-14-9-19(25-34(28,29)13-23)20-12-33-16-5-3-15(4-6-16)18-10-17(30-2)11-21(24-18)31-7-8-32-22(27)26(14)20/h10-11,14-16,19-20,25H,3-9,12-13H2,1-2H3/t14-,15?,16?,19+,20+/m1/s1. The molecule has 190 valence electrons. The highest BCUT2D eigenvalue weighted by atomic mass is 32.2. The van der Waals surface area contributed by atoms with Gasteiger partial charge >= 0.3 is 6.09 Å². The Morgan fingerprint density at radius 1 is 1.21 bits per heavy atom. The number of fused-ring (bicyclic) bond motifs is 7. The number of alkyl halides is 1. The van der Waals surface area contributed by atoms with E-state index in [9.17, 15) is 17.6 Å². The first-order chi connectivity index (χ1) is 16.3. The van der Waals surface area contributed by atoms with Crippen LogP contribution in [-0.2, 0) is 19.5 Å². The van der Waals surface area contributed by atoms with Crippen LogP contribution in [0.4, 0.5) is 9.18 Å². The lowest BCUT2D eigenvalue weighted by Crippen LogP contribution is -2.51. The number of aromatic nitrogens is 1. The van der Waals surface area contributed by atoms with Crippen LogP contribution in [0.2, 0.25) is 0 Å². The number of nitrogens with zero attached hydrogens (tertiary/aromatic N) is 2. The van der Waals surface area contributed by atoms with Crippen LogP contribution in [0.1, 0.15) is 50.6 Å². The van der Waals surface area contributed by atoms with Crippen LogP contribution in [0.25, 0.3) is 0 Å². The Bertz CT molecular complexity index is 971. The highest BCUT2D eigenvalue weighted by Crippen LogP contribution is 2.36. The number of rotatable bonds is 4. The van der Waals surface area contributed by atoms with E-state index in [0.29, 0.717) is 18.1 Å². The van der Waals surface area contributed by atoms with Gasteiger partial charge in [-0.2, -0.15) is 0 Å². The summed E-state index contributed by atoms with van der Waals surface area (Å²) in [5.74, 6) is 1.31. The van der Waals surface area contributed by atoms with Crippen LogP contribution >= 0.6 is 0 Å². The van der Waals surface area contributed by atoms with Gasteiger partial charge in [0.05, 0.1) is 31.6 Å². The fourth-order valence-electron chi connectivity index (χ4n) is 5.07. The van der Waals surface area contributed by atoms with E-state index in [4.69, 9.17) is 18.9 Å². The summed E-state index contributed by atoms with van der Waals surface area (Å²) < 4.78 is 61.9. The molecule has 3 aliphatic heterocycles. The Hall–Kier alpha value is -2.18. The maximum absolute atomic E-state index is 13.0. The molecular formula is C22H32FN3O7S. The van der Waals surface area contributed by atoms with Gasteiger partial charge in [0.2, 0.25) is 21.9 Å². The zero-order chi connectivity index (χ0) is 24.3. The molecule has 34 heavy (non-hydrogen) atoms. The summed E-state index contributed by atoms with van der Waals surface area (Å²) in [7, 11) is -2.50. The highest BCUT2D eigenvalue weighted by molar-refractivity contribution is 7.89. The van der Waals surface area contributed by atoms with Crippen molar-refractivity contribution in [1.82, 2.24) is 14.6 Å². The largest absolute Gasteiger partial charge is 0.496 e. The third kappa shape index (κ3) is 5.72. The second kappa shape index (κ2) is 10.6. The van der Waals surface area contributed by atoms with Gasteiger partial charge in [0.25, 0.3) is 0 Å². The molecule has 5 rings (SSSR count). The number of hydrogen-bond acceptors (Lipinski definition) is 8. The average molecular weight is 502 g/mol. The number of halogens is 1. The van der Waals surface area contributed by atoms with Crippen molar-refractivity contribution in [2.24, 2.45) is 0 Å². The molecule has 4 aliphatic rings. The summed E-state index contributed by atoms with van der Waals surface area (Å²) in [5, 5.41) is 0. The Morgan fingerprint density at radius 2 is 1.94 bits per heavy atom. The molecule has 3 atom stereocenters. The van der Waals surface area contributed by atoms with Crippen LogP contribution in [0.15, 0.2) is 12.1 Å². The molecule has 1 aromatic rings. The first-order valence-corrected chi connectivity index (χ1v) is 13.3. The molecule has 0 aromatic carbocycles. The maximum atomic E-state index is 13.0. The molecule has 1 N–H and O–H groups in total. The number of nitrogens with one attached hydrogen (secondary N) is 1. The number of carbonyl (C=O) groups excluding carboxylic acids is 1. The van der Waals surface area contributed by atoms with Crippen LogP contribution in [0.3, 0.4) is 0 Å². The fourth-order valence-corrected chi connectivity index (χ4v) is 5.85. The predicted octanol–water partition coefficient (Wildman–Crippen LogP) is 2.34. The van der Waals surface area contributed by atoms with Gasteiger partial charge in [0.1, 0.15) is 19.0 Å². The van der Waals surface area contributed by atoms with Gasteiger partial charge in [0, 0.05) is 30.1 Å². The normalized spacial score (nSPS) is 30.4. The average Bonchev–Trinajstić information content (AvgIpc) is 3.13. The summed E-state index contributed by atoms with van der Waals surface area (Å²) in [5.41, 5.74) is 0.897. The molecule has 4 bridgehead atoms. The van der Waals surface area contributed by atoms with Crippen LogP contribution in [-0.4, -0.2) is 81.6 Å². The van der Waals surface area contributed by atoms with Crippen molar-refractivity contribution in [2.45, 2.75) is 69.2 Å². The smallest absolute Gasteiger partial charge is 0.410 e. The van der Waals surface area contributed by atoms with E-state index < -0.39 is 34.2 Å². The Kier molecular flexibility index (Phi) is 7.78. The van der Waals surface area contributed by atoms with Crippen LogP contribution < -0.4 is 14.2 Å². The molecule has 1 saturated heterocycles. The zero-order valence-electron chi connectivity index (χ0n) is 19.4. The van der Waals surface area contributed by atoms with Crippen molar-refractivity contribution in [3.63, 3.8) is 0 Å². The van der Waals surface area contributed by atoms with Crippen LogP contribution in [0, 0.1) is 0 Å². The van der Waals surface area contributed by atoms with Crippen molar-refractivity contribution in [2.75, 3.05) is 32.9 Å². The molecule has 1 amide bonds. The van der Waals surface area contributed by atoms with E-state index in [1.165, 1.54) is 4.90 Å². The van der Waals surface area contributed by atoms with Crippen molar-refractivity contribution < 1.29 is 36.6 Å². The number of ether oxygens (including phenoxy) is 4. The monoisotopic (exact) mass is 501 g/mol. The van der Waals surface area contributed by atoms with E-state index in [1.54, 1.807) is 20.1 Å². The van der Waals surface area contributed by atoms with Gasteiger partial charge in [-0.1, -0.05) is 0 Å². The molecule has 0 unspecified atom stereocenters. The number of methoxy groups -OCH3 is 1. The van der Waals surface area contributed by atoms with Gasteiger partial charge in [-0.3, -0.25) is 4.90 Å². The Balaban J connectivity index is 1.55. The third-order valence-corrected chi connectivity index (χ3v) is 7.71. The van der Waals surface area contributed by atoms with Crippen molar-refractivity contribution in [1.29, 1.82) is 0 Å². The number of carbonyl (C=O) groups is 1. The van der Waals surface area contributed by atoms with E-state index in [-0.39, 0.29) is 37.9 Å². The molecule has 0 radical (unpaired) electrons. The first kappa shape index (κ1) is 24.9. The highest BCUT2D eigenvalue weighted by Gasteiger charge is 2.44. The molecule has 4 heterocycles. The number of pyridine rings is 1. The van der Waals surface area contributed by atoms with Crippen molar-refractivity contribution >= 4 is 16.1 Å². The van der Waals surface area contributed by atoms with E-state index in [0.717, 1.165) is 31.4 Å². The zero-order valence-corrected chi connectivity index (χ0v) is 20.3. The lowest BCUT2D eigenvalue weighted by molar-refractivity contribution is -0.0118. The number of sulfonamides is 1. The second-order valence-corrected chi connectivity index (χ2v) is 10.7. The first-order valence-electron chi connectivity index (χ1n) is 11.6. The maximum Gasteiger partial charge on any atom is 0.410 e. The second-order valence-electron chi connectivity index (χ2n) is 9.05. The lowest BCUT2D eigenvalue weighted by Gasteiger charge is -2.33. The molecular weight excluding hydrogens is 469 g/mol. The van der Waals surface area contributed by atoms with Gasteiger partial charge in [-0.15, -0.1) is 0 Å². The van der Waals surface area contributed by atoms with E-state index >= 15 is 0 Å². The van der Waals surface area contributed by atoms with Gasteiger partial charge < -0.3 is 18.9 Å². The Morgan fingerprint density at radius 3 is 2.65 bits per heavy atom. The molecule has 12 heteroatoms. The molecule has 2 fully saturated rings. The summed E-state index contributed by atoms with van der Waals surface area (Å²) in [6.07, 6.45) is 3.05. The topological polar surface area (TPSA) is 116 Å². The molecule has 1 aromatic heterocycles. The third-order valence-electron chi connectivity index (χ3n) is 6.76. The summed E-state index contributed by atoms with van der Waals surface area (Å²) in [6, 6.07) is 0.521. The summed E-state index contributed by atoms with van der Waals surface area (Å²) in [4.78, 5) is 19.0. The number of hydrogen-bond donors (Lipinski definition) is 1. The molecule has 10 nitrogen and oxygen atoms in total. The van der Waals surface area contributed by atoms with Gasteiger partial charge in [0.15, 0.2) is 0 Å². The summed E-state index contributed by atoms with van der Waals surface area (Å²) in [6.45, 7) is 2.02. The van der Waals surface area contributed by atoms with Crippen molar-refractivity contribution in [3.8, 4) is 11.6 Å². The molecule has 1 aliphatic carbocycles. The lowest BCUT2D eigenvalue weighted by atomic mass is 9.85.